The van der Waals surface area contributed by atoms with E-state index in [-0.39, 0.29) is 19.0 Å². The molecule has 0 fully saturated rings. The third-order valence-corrected chi connectivity index (χ3v) is 4.56. The van der Waals surface area contributed by atoms with Gasteiger partial charge in [0, 0.05) is 37.0 Å². The van der Waals surface area contributed by atoms with Gasteiger partial charge in [0.15, 0.2) is 5.82 Å². The van der Waals surface area contributed by atoms with Gasteiger partial charge in [0.2, 0.25) is 11.9 Å². The molecule has 0 saturated heterocycles. The van der Waals surface area contributed by atoms with E-state index in [9.17, 15) is 13.6 Å². The third kappa shape index (κ3) is 4.00. The fourth-order valence-electron chi connectivity index (χ4n) is 3.12. The average molecular weight is 399 g/mol. The van der Waals surface area contributed by atoms with Crippen LogP contribution in [0.25, 0.3) is 0 Å². The van der Waals surface area contributed by atoms with E-state index in [1.54, 1.807) is 35.9 Å². The van der Waals surface area contributed by atoms with Gasteiger partial charge in [-0.25, -0.2) is 13.8 Å². The van der Waals surface area contributed by atoms with Crippen LogP contribution >= 0.6 is 0 Å². The molecule has 0 bridgehead atoms. The maximum atomic E-state index is 13.8. The maximum Gasteiger partial charge on any atom is 0.244 e. The van der Waals surface area contributed by atoms with Crippen LogP contribution in [-0.4, -0.2) is 39.2 Å². The first-order chi connectivity index (χ1) is 13.9. The summed E-state index contributed by atoms with van der Waals surface area (Å²) in [4.78, 5) is 22.3. The molecule has 0 saturated carbocycles. The topological polar surface area (TPSA) is 88.0 Å². The number of aryl methyl sites for hydroxylation is 1. The summed E-state index contributed by atoms with van der Waals surface area (Å²) in [5, 5.41) is 10.1. The van der Waals surface area contributed by atoms with E-state index in [4.69, 9.17) is 0 Å². The summed E-state index contributed by atoms with van der Waals surface area (Å²) in [6, 6.07) is 3.49. The van der Waals surface area contributed by atoms with Crippen molar-refractivity contribution in [3.05, 3.63) is 59.0 Å². The number of hydrogen-bond donors (Lipinski definition) is 2. The molecule has 0 atom stereocenters. The Morgan fingerprint density at radius 3 is 2.90 bits per heavy atom. The molecule has 8 nitrogen and oxygen atoms in total. The van der Waals surface area contributed by atoms with Gasteiger partial charge in [0.25, 0.3) is 0 Å². The number of carbonyl (C=O) groups is 1. The highest BCUT2D eigenvalue weighted by atomic mass is 19.1. The van der Waals surface area contributed by atoms with Crippen LogP contribution in [0.5, 0.6) is 0 Å². The number of likely N-dealkylation sites (N-methyl/N-ethyl adjacent to an activating group) is 1. The van der Waals surface area contributed by atoms with E-state index in [0.29, 0.717) is 35.3 Å². The summed E-state index contributed by atoms with van der Waals surface area (Å²) in [7, 11) is 1.80. The smallest absolute Gasteiger partial charge is 0.244 e. The first-order valence-corrected chi connectivity index (χ1v) is 8.98. The molecule has 0 aliphatic carbocycles. The van der Waals surface area contributed by atoms with Crippen LogP contribution in [0.1, 0.15) is 16.8 Å². The fraction of sp³-hybridized carbons (Fsp3) is 0.263. The van der Waals surface area contributed by atoms with E-state index in [2.05, 4.69) is 25.7 Å². The summed E-state index contributed by atoms with van der Waals surface area (Å²) in [6.45, 7) is 2.65. The van der Waals surface area contributed by atoms with Crippen LogP contribution in [0.3, 0.4) is 0 Å². The normalized spacial score (nSPS) is 13.2. The van der Waals surface area contributed by atoms with Crippen molar-refractivity contribution in [3.63, 3.8) is 0 Å². The fourth-order valence-corrected chi connectivity index (χ4v) is 3.12. The van der Waals surface area contributed by atoms with Crippen molar-refractivity contribution in [3.8, 4) is 0 Å². The lowest BCUT2D eigenvalue weighted by molar-refractivity contribution is -0.115. The molecule has 2 N–H and O–H groups in total. The predicted octanol–water partition coefficient (Wildman–Crippen LogP) is 2.31. The van der Waals surface area contributed by atoms with Crippen LogP contribution in [0.4, 0.5) is 26.2 Å². The SMILES string of the molecule is Cc1nc(NCc2cnn(Cc3ccc(F)cc3F)c2)nc2c1NC(=O)CN2C. The van der Waals surface area contributed by atoms with Crippen LogP contribution in [0.2, 0.25) is 0 Å². The summed E-state index contributed by atoms with van der Waals surface area (Å²) in [5.74, 6) is -0.224. The number of hydrogen-bond acceptors (Lipinski definition) is 6. The Balaban J connectivity index is 1.44. The lowest BCUT2D eigenvalue weighted by Gasteiger charge is -2.27. The van der Waals surface area contributed by atoms with Crippen molar-refractivity contribution >= 4 is 23.4 Å². The molecule has 4 rings (SSSR count). The van der Waals surface area contributed by atoms with E-state index in [1.807, 2.05) is 0 Å². The Morgan fingerprint density at radius 2 is 2.10 bits per heavy atom. The highest BCUT2D eigenvalue weighted by Gasteiger charge is 2.23. The molecule has 0 unspecified atom stereocenters. The first-order valence-electron chi connectivity index (χ1n) is 8.98. The molecular weight excluding hydrogens is 380 g/mol. The Kier molecular flexibility index (Phi) is 4.83. The second-order valence-corrected chi connectivity index (χ2v) is 6.87. The molecule has 1 aliphatic heterocycles. The molecule has 29 heavy (non-hydrogen) atoms. The Bertz CT molecular complexity index is 1080. The number of rotatable bonds is 5. The van der Waals surface area contributed by atoms with Gasteiger partial charge in [-0.1, -0.05) is 6.07 Å². The monoisotopic (exact) mass is 399 g/mol. The zero-order chi connectivity index (χ0) is 20.5. The number of aromatic nitrogens is 4. The largest absolute Gasteiger partial charge is 0.350 e. The van der Waals surface area contributed by atoms with E-state index in [1.165, 1.54) is 12.1 Å². The van der Waals surface area contributed by atoms with Crippen LogP contribution in [-0.2, 0) is 17.9 Å². The Morgan fingerprint density at radius 1 is 1.28 bits per heavy atom. The lowest BCUT2D eigenvalue weighted by atomic mass is 10.2. The molecule has 10 heteroatoms. The van der Waals surface area contributed by atoms with Crippen molar-refractivity contribution in [2.75, 3.05) is 29.1 Å². The summed E-state index contributed by atoms with van der Waals surface area (Å²) in [5.41, 5.74) is 2.49. The lowest BCUT2D eigenvalue weighted by Crippen LogP contribution is -2.36. The average Bonchev–Trinajstić information content (AvgIpc) is 3.11. The predicted molar refractivity (Wildman–Crippen MR) is 104 cm³/mol. The van der Waals surface area contributed by atoms with Gasteiger partial charge in [-0.15, -0.1) is 0 Å². The highest BCUT2D eigenvalue weighted by molar-refractivity contribution is 6.00. The number of carbonyl (C=O) groups excluding carboxylic acids is 1. The van der Waals surface area contributed by atoms with Crippen molar-refractivity contribution in [2.24, 2.45) is 0 Å². The van der Waals surface area contributed by atoms with Crippen LogP contribution in [0, 0.1) is 18.6 Å². The molecule has 0 spiro atoms. The minimum atomic E-state index is -0.609. The molecule has 150 valence electrons. The Labute approximate surface area is 165 Å². The molecule has 1 aliphatic rings. The van der Waals surface area contributed by atoms with Crippen molar-refractivity contribution < 1.29 is 13.6 Å². The molecule has 0 radical (unpaired) electrons. The van der Waals surface area contributed by atoms with Gasteiger partial charge < -0.3 is 15.5 Å². The summed E-state index contributed by atoms with van der Waals surface area (Å²) in [6.07, 6.45) is 3.43. The van der Waals surface area contributed by atoms with E-state index in [0.717, 1.165) is 11.6 Å². The molecule has 3 heterocycles. The molecular formula is C19H19F2N7O. The number of benzene rings is 1. The van der Waals surface area contributed by atoms with E-state index >= 15 is 0 Å². The zero-order valence-corrected chi connectivity index (χ0v) is 15.9. The number of nitrogens with zero attached hydrogens (tertiary/aromatic N) is 5. The number of amides is 1. The second kappa shape index (κ2) is 7.46. The Hall–Kier alpha value is -3.56. The van der Waals surface area contributed by atoms with Crippen LogP contribution in [0.15, 0.2) is 30.6 Å². The first kappa shape index (κ1) is 18.8. The van der Waals surface area contributed by atoms with Gasteiger partial charge in [0.1, 0.15) is 17.3 Å². The van der Waals surface area contributed by atoms with Crippen LogP contribution < -0.4 is 15.5 Å². The summed E-state index contributed by atoms with van der Waals surface area (Å²) >= 11 is 0. The van der Waals surface area contributed by atoms with Gasteiger partial charge >= 0.3 is 0 Å². The number of anilines is 3. The standard InChI is InChI=1S/C19H19F2N7O/c1-11-17-18(27(2)10-16(29)25-17)26-19(24-11)22-6-12-7-23-28(8-12)9-13-3-4-14(20)5-15(13)21/h3-5,7-8H,6,9-10H2,1-2H3,(H,25,29)(H,22,24,26). The maximum absolute atomic E-state index is 13.8. The minimum Gasteiger partial charge on any atom is -0.350 e. The molecule has 2 aromatic heterocycles. The summed E-state index contributed by atoms with van der Waals surface area (Å²) < 4.78 is 28.4. The van der Waals surface area contributed by atoms with Gasteiger partial charge in [-0.3, -0.25) is 9.48 Å². The van der Waals surface area contributed by atoms with Crippen molar-refractivity contribution in [1.29, 1.82) is 0 Å². The number of halogens is 2. The number of fused-ring (bicyclic) bond motifs is 1. The minimum absolute atomic E-state index is 0.0996. The molecule has 1 aromatic carbocycles. The van der Waals surface area contributed by atoms with Gasteiger partial charge in [0.05, 0.1) is 25.0 Å². The van der Waals surface area contributed by atoms with Gasteiger partial charge in [-0.2, -0.15) is 10.1 Å². The zero-order valence-electron chi connectivity index (χ0n) is 15.9. The number of nitrogens with one attached hydrogen (secondary N) is 2. The molecule has 3 aromatic rings. The second-order valence-electron chi connectivity index (χ2n) is 6.87. The third-order valence-electron chi connectivity index (χ3n) is 4.56. The molecule has 1 amide bonds. The highest BCUT2D eigenvalue weighted by Crippen LogP contribution is 2.29. The van der Waals surface area contributed by atoms with Crippen molar-refractivity contribution in [1.82, 2.24) is 19.7 Å². The van der Waals surface area contributed by atoms with Gasteiger partial charge in [-0.05, 0) is 13.0 Å². The van der Waals surface area contributed by atoms with E-state index < -0.39 is 11.6 Å². The van der Waals surface area contributed by atoms with Crippen molar-refractivity contribution in [2.45, 2.75) is 20.0 Å². The quantitative estimate of drug-likeness (QED) is 0.685.